The minimum atomic E-state index is -3.32. The third kappa shape index (κ3) is 2.40. The Balaban J connectivity index is 2.60. The molecule has 0 aliphatic heterocycles. The summed E-state index contributed by atoms with van der Waals surface area (Å²) in [6.45, 7) is 1.71. The van der Waals surface area contributed by atoms with Crippen molar-refractivity contribution in [2.75, 3.05) is 4.72 Å². The van der Waals surface area contributed by atoms with Crippen LogP contribution in [-0.2, 0) is 7.19 Å². The number of oxazole rings is 1. The second-order valence-corrected chi connectivity index (χ2v) is 7.48. The van der Waals surface area contributed by atoms with Gasteiger partial charge in [0.1, 0.15) is 5.52 Å². The number of hydrogen-bond acceptors (Lipinski definition) is 4. The molecule has 0 aliphatic carbocycles. The van der Waals surface area contributed by atoms with Crippen molar-refractivity contribution in [3.63, 3.8) is 0 Å². The molecule has 0 bridgehead atoms. The number of hydrogen-bond donors (Lipinski definition) is 1. The van der Waals surface area contributed by atoms with Crippen molar-refractivity contribution in [3.8, 4) is 0 Å². The van der Waals surface area contributed by atoms with Gasteiger partial charge in [-0.15, -0.1) is 0 Å². The van der Waals surface area contributed by atoms with Crippen LogP contribution in [0.3, 0.4) is 0 Å². The molecule has 0 radical (unpaired) electrons. The normalized spacial score (nSPS) is 11.9. The Morgan fingerprint density at radius 2 is 2.20 bits per heavy atom. The first-order valence-electron chi connectivity index (χ1n) is 4.04. The Morgan fingerprint density at radius 1 is 1.47 bits per heavy atom. The highest BCUT2D eigenvalue weighted by molar-refractivity contribution is 14.2. The van der Waals surface area contributed by atoms with Gasteiger partial charge in [-0.2, -0.15) is 8.42 Å². The maximum Gasteiger partial charge on any atom is 0.286 e. The van der Waals surface area contributed by atoms with E-state index in [1.54, 1.807) is 25.1 Å². The van der Waals surface area contributed by atoms with Gasteiger partial charge in [0.2, 0.25) is 0 Å². The van der Waals surface area contributed by atoms with Crippen LogP contribution < -0.4 is 4.72 Å². The second kappa shape index (κ2) is 3.63. The van der Waals surface area contributed by atoms with Crippen LogP contribution >= 0.6 is 21.2 Å². The molecule has 1 aromatic heterocycles. The van der Waals surface area contributed by atoms with Gasteiger partial charge in [0.25, 0.3) is 7.19 Å². The van der Waals surface area contributed by atoms with Crippen molar-refractivity contribution in [1.82, 2.24) is 4.98 Å². The van der Waals surface area contributed by atoms with Crippen molar-refractivity contribution < 1.29 is 12.8 Å². The Morgan fingerprint density at radius 3 is 2.87 bits per heavy atom. The molecule has 0 fully saturated rings. The van der Waals surface area contributed by atoms with E-state index in [-0.39, 0.29) is 0 Å². The molecule has 15 heavy (non-hydrogen) atoms. The summed E-state index contributed by atoms with van der Waals surface area (Å²) >= 11 is 1.32. The number of nitrogens with one attached hydrogen (secondary N) is 1. The van der Waals surface area contributed by atoms with Crippen LogP contribution in [0.4, 0.5) is 5.69 Å². The third-order valence-corrected chi connectivity index (χ3v) is 2.88. The summed E-state index contributed by atoms with van der Waals surface area (Å²) in [6, 6.07) is 5.08. The van der Waals surface area contributed by atoms with Crippen molar-refractivity contribution in [3.05, 3.63) is 24.1 Å². The second-order valence-electron chi connectivity index (χ2n) is 2.93. The fourth-order valence-electron chi connectivity index (χ4n) is 1.27. The van der Waals surface area contributed by atoms with Crippen LogP contribution in [0, 0.1) is 6.92 Å². The largest absolute Gasteiger partial charge is 0.441 e. The topological polar surface area (TPSA) is 72.2 Å². The molecule has 0 spiro atoms. The third-order valence-electron chi connectivity index (χ3n) is 1.76. The fourth-order valence-corrected chi connectivity index (χ4v) is 2.41. The first-order valence-corrected chi connectivity index (χ1v) is 8.07. The SMILES string of the molecule is Cc1nc2c(NS(=O)(=O)I)cccc2o1. The molecule has 0 atom stereocenters. The zero-order valence-electron chi connectivity index (χ0n) is 7.69. The van der Waals surface area contributed by atoms with Gasteiger partial charge in [-0.25, -0.2) is 4.98 Å². The van der Waals surface area contributed by atoms with Crippen LogP contribution in [0.1, 0.15) is 5.89 Å². The highest BCUT2D eigenvalue weighted by atomic mass is 127. The van der Waals surface area contributed by atoms with E-state index in [9.17, 15) is 8.42 Å². The van der Waals surface area contributed by atoms with Crippen LogP contribution in [-0.4, -0.2) is 13.4 Å². The maximum absolute atomic E-state index is 11.1. The number of benzene rings is 1. The van der Waals surface area contributed by atoms with E-state index in [0.717, 1.165) is 0 Å². The van der Waals surface area contributed by atoms with Gasteiger partial charge in [0.15, 0.2) is 11.5 Å². The highest BCUT2D eigenvalue weighted by Crippen LogP contribution is 2.25. The molecular weight excluding hydrogens is 331 g/mol. The lowest BCUT2D eigenvalue weighted by Crippen LogP contribution is -2.03. The lowest BCUT2D eigenvalue weighted by molar-refractivity contribution is 0.561. The number of para-hydroxylation sites is 1. The molecule has 2 rings (SSSR count). The number of aryl methyl sites for hydroxylation is 1. The molecule has 0 unspecified atom stereocenters. The summed E-state index contributed by atoms with van der Waals surface area (Å²) < 4.78 is 29.8. The number of anilines is 1. The zero-order chi connectivity index (χ0) is 11.1. The monoisotopic (exact) mass is 338 g/mol. The van der Waals surface area contributed by atoms with E-state index < -0.39 is 7.19 Å². The van der Waals surface area contributed by atoms with E-state index in [1.807, 2.05) is 0 Å². The Kier molecular flexibility index (Phi) is 2.59. The molecule has 1 N–H and O–H groups in total. The standard InChI is InChI=1S/C8H7IN2O3S/c1-5-10-8-6(11-15(9,12)13)3-2-4-7(8)14-5/h2-4,11H,1H3. The molecule has 1 heterocycles. The number of aromatic nitrogens is 1. The van der Waals surface area contributed by atoms with Crippen LogP contribution in [0.5, 0.6) is 0 Å². The predicted molar refractivity (Wildman–Crippen MR) is 65.3 cm³/mol. The molecule has 2 aromatic rings. The first-order chi connectivity index (χ1) is 6.96. The van der Waals surface area contributed by atoms with Gasteiger partial charge in [0.05, 0.1) is 26.9 Å². The smallest absolute Gasteiger partial charge is 0.286 e. The Labute approximate surface area is 98.5 Å². The van der Waals surface area contributed by atoms with E-state index in [1.165, 1.54) is 21.2 Å². The first kappa shape index (κ1) is 10.7. The minimum Gasteiger partial charge on any atom is -0.441 e. The minimum absolute atomic E-state index is 0.429. The van der Waals surface area contributed by atoms with Crippen molar-refractivity contribution in [2.45, 2.75) is 6.92 Å². The molecule has 5 nitrogen and oxygen atoms in total. The van der Waals surface area contributed by atoms with Crippen LogP contribution in [0.25, 0.3) is 11.1 Å². The molecule has 0 saturated heterocycles. The number of fused-ring (bicyclic) bond motifs is 1. The lowest BCUT2D eigenvalue weighted by atomic mass is 10.3. The molecule has 1 aromatic carbocycles. The van der Waals surface area contributed by atoms with Gasteiger partial charge in [0, 0.05) is 6.92 Å². The van der Waals surface area contributed by atoms with Crippen LogP contribution in [0.2, 0.25) is 0 Å². The molecule has 0 amide bonds. The number of rotatable bonds is 2. The van der Waals surface area contributed by atoms with Gasteiger partial charge in [-0.3, -0.25) is 4.72 Å². The highest BCUT2D eigenvalue weighted by Gasteiger charge is 2.11. The van der Waals surface area contributed by atoms with Gasteiger partial charge in [-0.1, -0.05) is 6.07 Å². The van der Waals surface area contributed by atoms with Gasteiger partial charge in [-0.05, 0) is 12.1 Å². The summed E-state index contributed by atoms with van der Waals surface area (Å²) in [5.74, 6) is 0.505. The van der Waals surface area contributed by atoms with Gasteiger partial charge < -0.3 is 4.42 Å². The maximum atomic E-state index is 11.1. The molecular formula is C8H7IN2O3S. The van der Waals surface area contributed by atoms with E-state index >= 15 is 0 Å². The van der Waals surface area contributed by atoms with Crippen molar-refractivity contribution in [2.24, 2.45) is 0 Å². The lowest BCUT2D eigenvalue weighted by Gasteiger charge is -2.01. The molecule has 0 aliphatic rings. The van der Waals surface area contributed by atoms with E-state index in [2.05, 4.69) is 9.71 Å². The summed E-state index contributed by atoms with van der Waals surface area (Å²) in [7, 11) is -3.32. The Hall–Kier alpha value is -0.830. The van der Waals surface area contributed by atoms with E-state index in [0.29, 0.717) is 22.7 Å². The van der Waals surface area contributed by atoms with Crippen molar-refractivity contribution in [1.29, 1.82) is 0 Å². The van der Waals surface area contributed by atoms with Gasteiger partial charge >= 0.3 is 0 Å². The molecule has 7 heteroatoms. The average molecular weight is 338 g/mol. The van der Waals surface area contributed by atoms with Crippen LogP contribution in [0.15, 0.2) is 22.6 Å². The zero-order valence-corrected chi connectivity index (χ0v) is 10.7. The average Bonchev–Trinajstić information content (AvgIpc) is 2.43. The van der Waals surface area contributed by atoms with Crippen molar-refractivity contribution >= 4 is 45.2 Å². The summed E-state index contributed by atoms with van der Waals surface area (Å²) in [5.41, 5.74) is 1.52. The number of halogens is 1. The Bertz CT molecular complexity index is 605. The summed E-state index contributed by atoms with van der Waals surface area (Å²) in [4.78, 5) is 4.10. The predicted octanol–water partition coefficient (Wildman–Crippen LogP) is 2.23. The fraction of sp³-hybridized carbons (Fsp3) is 0.125. The molecule has 0 saturated carbocycles. The quantitative estimate of drug-likeness (QED) is 0.673. The van der Waals surface area contributed by atoms with E-state index in [4.69, 9.17) is 4.42 Å². The summed E-state index contributed by atoms with van der Waals surface area (Å²) in [6.07, 6.45) is 0. The number of nitrogens with zero attached hydrogens (tertiary/aromatic N) is 1. The summed E-state index contributed by atoms with van der Waals surface area (Å²) in [5, 5.41) is 0. The molecule has 80 valence electrons.